The van der Waals surface area contributed by atoms with Crippen molar-refractivity contribution >= 4 is 17.6 Å². The van der Waals surface area contributed by atoms with Gasteiger partial charge in [-0.25, -0.2) is 14.5 Å². The summed E-state index contributed by atoms with van der Waals surface area (Å²) in [7, 11) is 4.01. The van der Waals surface area contributed by atoms with Crippen LogP contribution >= 0.6 is 0 Å². The summed E-state index contributed by atoms with van der Waals surface area (Å²) in [5.41, 5.74) is 4.71. The Bertz CT molecular complexity index is 1550. The number of carbonyl (C=O) groups is 2. The summed E-state index contributed by atoms with van der Waals surface area (Å²) in [6.45, 7) is 3.76. The number of fused-ring (bicyclic) bond motifs is 2. The first-order chi connectivity index (χ1) is 18.9. The lowest BCUT2D eigenvalue weighted by atomic mass is 10.0. The standard InChI is InChI=1S/C29H30N6O4/c1-4-38-29(37)26-23-11-14-34(21-7-5-20(6-8-21)33-15-13-30-25(33)18-32(2)3)28(36)27(23)35(31-26)22-9-10-24-19(17-22)12-16-39-24/h5-10,13,15,17H,4,11-12,14,16,18H2,1-3H3. The van der Waals surface area contributed by atoms with Gasteiger partial charge in [-0.1, -0.05) is 0 Å². The van der Waals surface area contributed by atoms with Crippen molar-refractivity contribution in [1.29, 1.82) is 0 Å². The molecule has 39 heavy (non-hydrogen) atoms. The third kappa shape index (κ3) is 4.46. The number of anilines is 1. The second-order valence-electron chi connectivity index (χ2n) is 9.87. The fourth-order valence-corrected chi connectivity index (χ4v) is 5.22. The number of esters is 1. The van der Waals surface area contributed by atoms with Crippen molar-refractivity contribution in [3.05, 3.63) is 83.2 Å². The van der Waals surface area contributed by atoms with E-state index in [0.717, 1.165) is 34.9 Å². The van der Waals surface area contributed by atoms with Gasteiger partial charge in [-0.3, -0.25) is 4.79 Å². The van der Waals surface area contributed by atoms with E-state index in [1.54, 1.807) is 22.7 Å². The zero-order chi connectivity index (χ0) is 27.1. The molecule has 4 heterocycles. The summed E-state index contributed by atoms with van der Waals surface area (Å²) in [6.07, 6.45) is 5.00. The van der Waals surface area contributed by atoms with Gasteiger partial charge in [0.15, 0.2) is 5.69 Å². The van der Waals surface area contributed by atoms with E-state index in [4.69, 9.17) is 9.47 Å². The maximum absolute atomic E-state index is 14.0. The summed E-state index contributed by atoms with van der Waals surface area (Å²) in [4.78, 5) is 35.1. The molecule has 0 N–H and O–H groups in total. The molecule has 0 bridgehead atoms. The van der Waals surface area contributed by atoms with E-state index in [1.165, 1.54) is 0 Å². The Kier molecular flexibility index (Phi) is 6.40. The average Bonchev–Trinajstić information content (AvgIpc) is 3.67. The van der Waals surface area contributed by atoms with Crippen LogP contribution in [0.15, 0.2) is 54.9 Å². The van der Waals surface area contributed by atoms with E-state index in [2.05, 4.69) is 15.0 Å². The smallest absolute Gasteiger partial charge is 0.359 e. The van der Waals surface area contributed by atoms with E-state index in [9.17, 15) is 9.59 Å². The fraction of sp³-hybridized carbons (Fsp3) is 0.310. The maximum atomic E-state index is 14.0. The van der Waals surface area contributed by atoms with Gasteiger partial charge in [-0.05, 0) is 75.5 Å². The van der Waals surface area contributed by atoms with Crippen molar-refractivity contribution < 1.29 is 19.1 Å². The predicted molar refractivity (Wildman–Crippen MR) is 145 cm³/mol. The zero-order valence-corrected chi connectivity index (χ0v) is 22.3. The number of imidazole rings is 1. The molecule has 2 aliphatic rings. The number of nitrogens with zero attached hydrogens (tertiary/aromatic N) is 6. The summed E-state index contributed by atoms with van der Waals surface area (Å²) < 4.78 is 14.6. The molecular formula is C29H30N6O4. The van der Waals surface area contributed by atoms with Crippen molar-refractivity contribution in [1.82, 2.24) is 24.2 Å². The highest BCUT2D eigenvalue weighted by molar-refractivity contribution is 6.09. The van der Waals surface area contributed by atoms with Crippen molar-refractivity contribution in [3.8, 4) is 17.1 Å². The maximum Gasteiger partial charge on any atom is 0.359 e. The number of rotatable bonds is 7. The summed E-state index contributed by atoms with van der Waals surface area (Å²) in [6, 6.07) is 13.6. The molecule has 0 fully saturated rings. The largest absolute Gasteiger partial charge is 0.493 e. The van der Waals surface area contributed by atoms with E-state index < -0.39 is 5.97 Å². The highest BCUT2D eigenvalue weighted by atomic mass is 16.5. The molecule has 0 unspecified atom stereocenters. The van der Waals surface area contributed by atoms with Crippen LogP contribution in [0.1, 0.15) is 44.9 Å². The lowest BCUT2D eigenvalue weighted by Gasteiger charge is -2.28. The van der Waals surface area contributed by atoms with E-state index in [-0.39, 0.29) is 18.2 Å². The van der Waals surface area contributed by atoms with Crippen molar-refractivity contribution in [3.63, 3.8) is 0 Å². The molecule has 10 heteroatoms. The molecule has 4 aromatic rings. The van der Waals surface area contributed by atoms with Crippen LogP contribution in [0.5, 0.6) is 5.75 Å². The number of ether oxygens (including phenoxy) is 2. The molecule has 2 aliphatic heterocycles. The quantitative estimate of drug-likeness (QED) is 0.341. The molecule has 10 nitrogen and oxygen atoms in total. The van der Waals surface area contributed by atoms with Crippen molar-refractivity contribution in [2.75, 3.05) is 38.8 Å². The molecule has 6 rings (SSSR count). The SMILES string of the molecule is CCOC(=O)c1nn(-c2ccc3c(c2)CCO3)c2c1CCN(c1ccc(-n3ccnc3CN(C)C)cc1)C2=O. The Balaban J connectivity index is 1.36. The summed E-state index contributed by atoms with van der Waals surface area (Å²) >= 11 is 0. The van der Waals surface area contributed by atoms with Crippen LogP contribution < -0.4 is 9.64 Å². The van der Waals surface area contributed by atoms with Crippen molar-refractivity contribution in [2.24, 2.45) is 0 Å². The zero-order valence-electron chi connectivity index (χ0n) is 22.3. The minimum atomic E-state index is -0.517. The molecular weight excluding hydrogens is 496 g/mol. The molecule has 2 aromatic heterocycles. The lowest BCUT2D eigenvalue weighted by molar-refractivity contribution is 0.0517. The number of carbonyl (C=O) groups excluding carboxylic acids is 2. The molecule has 0 saturated heterocycles. The number of amides is 1. The van der Waals surface area contributed by atoms with Gasteiger partial charge in [0.25, 0.3) is 5.91 Å². The van der Waals surface area contributed by atoms with Gasteiger partial charge >= 0.3 is 5.97 Å². The number of benzene rings is 2. The third-order valence-electron chi connectivity index (χ3n) is 7.02. The average molecular weight is 527 g/mol. The second kappa shape index (κ2) is 10.0. The first-order valence-corrected chi connectivity index (χ1v) is 13.1. The first-order valence-electron chi connectivity index (χ1n) is 13.1. The highest BCUT2D eigenvalue weighted by Gasteiger charge is 2.35. The van der Waals surface area contributed by atoms with Gasteiger partial charge in [0, 0.05) is 42.3 Å². The Hall–Kier alpha value is -4.44. The van der Waals surface area contributed by atoms with E-state index in [0.29, 0.717) is 43.1 Å². The Morgan fingerprint density at radius 3 is 2.62 bits per heavy atom. The molecule has 0 aliphatic carbocycles. The van der Waals surface area contributed by atoms with Crippen LogP contribution in [0.2, 0.25) is 0 Å². The van der Waals surface area contributed by atoms with E-state index >= 15 is 0 Å². The Morgan fingerprint density at radius 2 is 1.85 bits per heavy atom. The number of aromatic nitrogens is 4. The third-order valence-corrected chi connectivity index (χ3v) is 7.02. The highest BCUT2D eigenvalue weighted by Crippen LogP contribution is 2.32. The van der Waals surface area contributed by atoms with Gasteiger partial charge in [-0.2, -0.15) is 5.10 Å². The Labute approximate surface area is 226 Å². The molecule has 1 amide bonds. The minimum Gasteiger partial charge on any atom is -0.493 e. The van der Waals surface area contributed by atoms with Crippen LogP contribution in [0, 0.1) is 0 Å². The lowest BCUT2D eigenvalue weighted by Crippen LogP contribution is -2.39. The van der Waals surface area contributed by atoms with Crippen LogP contribution in [0.3, 0.4) is 0 Å². The van der Waals surface area contributed by atoms with Gasteiger partial charge in [0.2, 0.25) is 0 Å². The number of hydrogen-bond donors (Lipinski definition) is 0. The van der Waals surface area contributed by atoms with Gasteiger partial charge < -0.3 is 23.8 Å². The van der Waals surface area contributed by atoms with Crippen LogP contribution in [-0.4, -0.2) is 70.0 Å². The molecule has 200 valence electrons. The fourth-order valence-electron chi connectivity index (χ4n) is 5.22. The minimum absolute atomic E-state index is 0.195. The predicted octanol–water partition coefficient (Wildman–Crippen LogP) is 3.43. The van der Waals surface area contributed by atoms with Crippen LogP contribution in [0.25, 0.3) is 11.4 Å². The summed E-state index contributed by atoms with van der Waals surface area (Å²) in [5, 5.41) is 4.61. The molecule has 2 aromatic carbocycles. The van der Waals surface area contributed by atoms with Gasteiger partial charge in [0.05, 0.1) is 25.4 Å². The molecule has 0 saturated carbocycles. The van der Waals surface area contributed by atoms with Gasteiger partial charge in [-0.15, -0.1) is 0 Å². The molecule has 0 radical (unpaired) electrons. The molecule has 0 spiro atoms. The first kappa shape index (κ1) is 24.9. The monoisotopic (exact) mass is 526 g/mol. The topological polar surface area (TPSA) is 94.7 Å². The van der Waals surface area contributed by atoms with Crippen LogP contribution in [0.4, 0.5) is 5.69 Å². The van der Waals surface area contributed by atoms with Crippen LogP contribution in [-0.2, 0) is 24.1 Å². The van der Waals surface area contributed by atoms with Crippen molar-refractivity contribution in [2.45, 2.75) is 26.3 Å². The number of hydrogen-bond acceptors (Lipinski definition) is 7. The normalized spacial score (nSPS) is 14.4. The van der Waals surface area contributed by atoms with E-state index in [1.807, 2.05) is 67.3 Å². The Morgan fingerprint density at radius 1 is 1.08 bits per heavy atom. The van der Waals surface area contributed by atoms with Gasteiger partial charge in [0.1, 0.15) is 17.3 Å². The molecule has 0 atom stereocenters. The summed E-state index contributed by atoms with van der Waals surface area (Å²) in [5.74, 6) is 1.04. The second-order valence-corrected chi connectivity index (χ2v) is 9.87.